The van der Waals surface area contributed by atoms with Gasteiger partial charge in [0.15, 0.2) is 0 Å². The average Bonchev–Trinajstić information content (AvgIpc) is 2.47. The van der Waals surface area contributed by atoms with Crippen LogP contribution in [0.3, 0.4) is 0 Å². The van der Waals surface area contributed by atoms with E-state index in [0.717, 1.165) is 19.4 Å². The van der Waals surface area contributed by atoms with E-state index in [2.05, 4.69) is 0 Å². The first-order chi connectivity index (χ1) is 9.58. The van der Waals surface area contributed by atoms with E-state index in [4.69, 9.17) is 5.73 Å². The summed E-state index contributed by atoms with van der Waals surface area (Å²) < 4.78 is 0. The number of hydrogen-bond donors (Lipinski definition) is 1. The van der Waals surface area contributed by atoms with E-state index in [1.165, 1.54) is 32.1 Å². The number of urea groups is 1. The number of amides is 3. The van der Waals surface area contributed by atoms with Gasteiger partial charge in [-0.1, -0.05) is 19.3 Å². The molecule has 1 saturated heterocycles. The van der Waals surface area contributed by atoms with Crippen LogP contribution in [-0.2, 0) is 4.79 Å². The van der Waals surface area contributed by atoms with Crippen LogP contribution in [0.25, 0.3) is 0 Å². The number of piperidine rings is 1. The highest BCUT2D eigenvalue weighted by molar-refractivity contribution is 5.80. The van der Waals surface area contributed by atoms with E-state index in [0.29, 0.717) is 19.0 Å². The van der Waals surface area contributed by atoms with Gasteiger partial charge >= 0.3 is 6.03 Å². The summed E-state index contributed by atoms with van der Waals surface area (Å²) in [4.78, 5) is 27.2. The molecule has 2 N–H and O–H groups in total. The Hall–Kier alpha value is -1.26. The molecule has 0 aromatic heterocycles. The molecule has 0 aromatic rings. The molecule has 2 fully saturated rings. The smallest absolute Gasteiger partial charge is 0.314 e. The monoisotopic (exact) mass is 281 g/mol. The summed E-state index contributed by atoms with van der Waals surface area (Å²) in [5, 5.41) is 0. The quantitative estimate of drug-likeness (QED) is 0.857. The third-order valence-corrected chi connectivity index (χ3v) is 4.72. The Labute approximate surface area is 121 Å². The van der Waals surface area contributed by atoms with E-state index in [1.54, 1.807) is 4.90 Å². The lowest BCUT2D eigenvalue weighted by Crippen LogP contribution is -2.48. The number of carbonyl (C=O) groups is 2. The number of hydrogen-bond acceptors (Lipinski definition) is 2. The van der Waals surface area contributed by atoms with Crippen LogP contribution in [0.4, 0.5) is 4.79 Å². The molecule has 0 spiro atoms. The zero-order valence-corrected chi connectivity index (χ0v) is 12.5. The first-order valence-corrected chi connectivity index (χ1v) is 7.87. The van der Waals surface area contributed by atoms with Gasteiger partial charge in [-0.15, -0.1) is 0 Å². The zero-order chi connectivity index (χ0) is 14.5. The van der Waals surface area contributed by atoms with E-state index in [9.17, 15) is 9.59 Å². The van der Waals surface area contributed by atoms with Crippen molar-refractivity contribution in [3.8, 4) is 0 Å². The van der Waals surface area contributed by atoms with Crippen molar-refractivity contribution in [1.82, 2.24) is 9.80 Å². The first kappa shape index (κ1) is 15.1. The van der Waals surface area contributed by atoms with Gasteiger partial charge in [-0.05, 0) is 31.6 Å². The Morgan fingerprint density at radius 1 is 1.15 bits per heavy atom. The molecule has 3 amide bonds. The van der Waals surface area contributed by atoms with Crippen molar-refractivity contribution < 1.29 is 9.59 Å². The van der Waals surface area contributed by atoms with Gasteiger partial charge in [0.25, 0.3) is 0 Å². The van der Waals surface area contributed by atoms with Crippen molar-refractivity contribution in [2.24, 2.45) is 17.6 Å². The Kier molecular flexibility index (Phi) is 5.26. The van der Waals surface area contributed by atoms with Crippen molar-refractivity contribution in [3.05, 3.63) is 0 Å². The molecule has 0 aromatic carbocycles. The van der Waals surface area contributed by atoms with E-state index < -0.39 is 6.03 Å². The molecule has 0 unspecified atom stereocenters. The number of rotatable bonds is 3. The van der Waals surface area contributed by atoms with Crippen LogP contribution in [0.5, 0.6) is 0 Å². The van der Waals surface area contributed by atoms with Gasteiger partial charge in [0.1, 0.15) is 0 Å². The number of nitrogens with two attached hydrogens (primary N) is 1. The molecule has 2 rings (SSSR count). The van der Waals surface area contributed by atoms with E-state index >= 15 is 0 Å². The minimum atomic E-state index is -0.405. The molecule has 5 nitrogen and oxygen atoms in total. The molecular formula is C15H27N3O2. The van der Waals surface area contributed by atoms with Gasteiger partial charge in [0.05, 0.1) is 5.92 Å². The molecule has 1 heterocycles. The Bertz CT molecular complexity index is 353. The lowest BCUT2D eigenvalue weighted by atomic mass is 9.88. The summed E-state index contributed by atoms with van der Waals surface area (Å²) in [6.45, 7) is 2.04. The van der Waals surface area contributed by atoms with Crippen molar-refractivity contribution in [3.63, 3.8) is 0 Å². The summed E-state index contributed by atoms with van der Waals surface area (Å²) in [6, 6.07) is -0.405. The highest BCUT2D eigenvalue weighted by atomic mass is 16.2. The van der Waals surface area contributed by atoms with Crippen LogP contribution in [0.15, 0.2) is 0 Å². The number of primary amides is 1. The van der Waals surface area contributed by atoms with Gasteiger partial charge in [-0.25, -0.2) is 4.79 Å². The maximum atomic E-state index is 12.5. The van der Waals surface area contributed by atoms with E-state index in [1.807, 2.05) is 11.9 Å². The van der Waals surface area contributed by atoms with Gasteiger partial charge in [0, 0.05) is 26.7 Å². The summed E-state index contributed by atoms with van der Waals surface area (Å²) in [5.74, 6) is 0.778. The highest BCUT2D eigenvalue weighted by Gasteiger charge is 2.30. The maximum Gasteiger partial charge on any atom is 0.314 e. The van der Waals surface area contributed by atoms with Crippen molar-refractivity contribution in [2.45, 2.75) is 44.9 Å². The molecule has 1 aliphatic carbocycles. The van der Waals surface area contributed by atoms with Gasteiger partial charge in [-0.2, -0.15) is 0 Å². The highest BCUT2D eigenvalue weighted by Crippen LogP contribution is 2.25. The zero-order valence-electron chi connectivity index (χ0n) is 12.5. The predicted molar refractivity (Wildman–Crippen MR) is 78.1 cm³/mol. The molecule has 2 aliphatic rings. The number of carbonyl (C=O) groups excluding carboxylic acids is 2. The molecule has 114 valence electrons. The van der Waals surface area contributed by atoms with Crippen LogP contribution in [-0.4, -0.2) is 48.4 Å². The Morgan fingerprint density at radius 3 is 2.50 bits per heavy atom. The normalized spacial score (nSPS) is 24.4. The van der Waals surface area contributed by atoms with Crippen LogP contribution >= 0.6 is 0 Å². The molecule has 5 heteroatoms. The van der Waals surface area contributed by atoms with Crippen molar-refractivity contribution in [2.75, 3.05) is 26.7 Å². The molecule has 0 radical (unpaired) electrons. The minimum Gasteiger partial charge on any atom is -0.351 e. The topological polar surface area (TPSA) is 66.6 Å². The van der Waals surface area contributed by atoms with Crippen LogP contribution in [0.1, 0.15) is 44.9 Å². The molecule has 1 atom stereocenters. The average molecular weight is 281 g/mol. The Balaban J connectivity index is 1.84. The summed E-state index contributed by atoms with van der Waals surface area (Å²) >= 11 is 0. The van der Waals surface area contributed by atoms with Crippen LogP contribution in [0, 0.1) is 11.8 Å². The third kappa shape index (κ3) is 3.87. The number of likely N-dealkylation sites (tertiary alicyclic amines) is 1. The summed E-state index contributed by atoms with van der Waals surface area (Å²) in [6.07, 6.45) is 8.17. The molecule has 1 saturated carbocycles. The second-order valence-electron chi connectivity index (χ2n) is 6.35. The standard InChI is InChI=1S/C15H27N3O2/c1-17(10-12-6-3-2-4-7-12)14(19)13-8-5-9-18(11-13)15(16)20/h12-13H,2-11H2,1H3,(H2,16,20)/t13-/m0/s1. The van der Waals surface area contributed by atoms with Gasteiger partial charge < -0.3 is 15.5 Å². The largest absolute Gasteiger partial charge is 0.351 e. The second-order valence-corrected chi connectivity index (χ2v) is 6.35. The van der Waals surface area contributed by atoms with Crippen molar-refractivity contribution >= 4 is 11.9 Å². The SMILES string of the molecule is CN(CC1CCCCC1)C(=O)[C@H]1CCCN(C(N)=O)C1. The second kappa shape index (κ2) is 6.95. The molecule has 0 bridgehead atoms. The fourth-order valence-electron chi connectivity index (χ4n) is 3.54. The van der Waals surface area contributed by atoms with Gasteiger partial charge in [0.2, 0.25) is 5.91 Å². The fourth-order valence-corrected chi connectivity index (χ4v) is 3.54. The van der Waals surface area contributed by atoms with Gasteiger partial charge in [-0.3, -0.25) is 4.79 Å². The lowest BCUT2D eigenvalue weighted by Gasteiger charge is -2.34. The van der Waals surface area contributed by atoms with Crippen LogP contribution in [0.2, 0.25) is 0 Å². The van der Waals surface area contributed by atoms with Crippen LogP contribution < -0.4 is 5.73 Å². The Morgan fingerprint density at radius 2 is 1.85 bits per heavy atom. The third-order valence-electron chi connectivity index (χ3n) is 4.72. The maximum absolute atomic E-state index is 12.5. The lowest BCUT2D eigenvalue weighted by molar-refractivity contribution is -0.136. The number of nitrogens with zero attached hydrogens (tertiary/aromatic N) is 2. The molecule has 1 aliphatic heterocycles. The van der Waals surface area contributed by atoms with E-state index in [-0.39, 0.29) is 11.8 Å². The minimum absolute atomic E-state index is 0.0650. The molecule has 20 heavy (non-hydrogen) atoms. The first-order valence-electron chi connectivity index (χ1n) is 7.87. The molecular weight excluding hydrogens is 254 g/mol. The fraction of sp³-hybridized carbons (Fsp3) is 0.867. The summed E-state index contributed by atoms with van der Waals surface area (Å²) in [7, 11) is 1.90. The summed E-state index contributed by atoms with van der Waals surface area (Å²) in [5.41, 5.74) is 5.32. The predicted octanol–water partition coefficient (Wildman–Crippen LogP) is 1.82. The van der Waals surface area contributed by atoms with Crippen molar-refractivity contribution in [1.29, 1.82) is 0 Å².